The molecule has 0 bridgehead atoms. The molecule has 25 heavy (non-hydrogen) atoms. The lowest BCUT2D eigenvalue weighted by Crippen LogP contribution is -2.04. The molecule has 0 aliphatic heterocycles. The van der Waals surface area contributed by atoms with Crippen LogP contribution in [0.4, 0.5) is 5.95 Å². The molecule has 0 amide bonds. The summed E-state index contributed by atoms with van der Waals surface area (Å²) in [6.07, 6.45) is 1.46. The van der Waals surface area contributed by atoms with Crippen LogP contribution in [-0.2, 0) is 13.2 Å². The molecule has 1 heterocycles. The minimum atomic E-state index is 0.491. The number of nitrogens with zero attached hydrogens (tertiary/aromatic N) is 2. The summed E-state index contributed by atoms with van der Waals surface area (Å²) >= 11 is 3.59. The van der Waals surface area contributed by atoms with Gasteiger partial charge in [-0.1, -0.05) is 40.2 Å². The first kappa shape index (κ1) is 17.3. The van der Waals surface area contributed by atoms with Crippen LogP contribution in [0, 0.1) is 6.92 Å². The van der Waals surface area contributed by atoms with Gasteiger partial charge in [-0.05, 0) is 35.7 Å². The van der Waals surface area contributed by atoms with Crippen molar-refractivity contribution in [1.29, 1.82) is 0 Å². The fourth-order valence-electron chi connectivity index (χ4n) is 2.38. The van der Waals surface area contributed by atoms with Crippen molar-refractivity contribution in [1.82, 2.24) is 15.2 Å². The van der Waals surface area contributed by atoms with Crippen LogP contribution in [0.25, 0.3) is 0 Å². The van der Waals surface area contributed by atoms with Crippen molar-refractivity contribution in [3.8, 4) is 11.5 Å². The summed E-state index contributed by atoms with van der Waals surface area (Å²) in [6, 6.07) is 12.0. The third-order valence-corrected chi connectivity index (χ3v) is 4.58. The van der Waals surface area contributed by atoms with Gasteiger partial charge in [0.05, 0.1) is 7.11 Å². The lowest BCUT2D eigenvalue weighted by molar-refractivity contribution is 0.283. The van der Waals surface area contributed by atoms with Gasteiger partial charge < -0.3 is 14.8 Å². The van der Waals surface area contributed by atoms with Gasteiger partial charge in [0.25, 0.3) is 0 Å². The Morgan fingerprint density at radius 1 is 1.16 bits per heavy atom. The van der Waals surface area contributed by atoms with Crippen LogP contribution < -0.4 is 14.8 Å². The molecule has 0 fully saturated rings. The van der Waals surface area contributed by atoms with Gasteiger partial charge in [0.15, 0.2) is 11.5 Å². The van der Waals surface area contributed by atoms with E-state index in [0.717, 1.165) is 15.6 Å². The number of aryl methyl sites for hydroxylation is 1. The lowest BCUT2D eigenvalue weighted by atomic mass is 10.1. The standard InChI is InChI=1S/C18H19BrN4O2/c1-12-5-3-4-6-13(12)10-25-17-8-15(19)14(7-16(17)24-2)9-20-18-21-11-22-23-18/h3-8,11H,9-10H2,1-2H3,(H2,20,21,22,23). The second-order valence-electron chi connectivity index (χ2n) is 5.50. The molecule has 3 aromatic rings. The van der Waals surface area contributed by atoms with E-state index in [9.17, 15) is 0 Å². The van der Waals surface area contributed by atoms with Gasteiger partial charge in [-0.15, -0.1) is 0 Å². The van der Waals surface area contributed by atoms with Crippen LogP contribution in [-0.4, -0.2) is 22.3 Å². The third-order valence-electron chi connectivity index (χ3n) is 3.84. The van der Waals surface area contributed by atoms with Crippen molar-refractivity contribution in [2.75, 3.05) is 12.4 Å². The van der Waals surface area contributed by atoms with Crippen LogP contribution in [0.1, 0.15) is 16.7 Å². The van der Waals surface area contributed by atoms with Crippen LogP contribution in [0.5, 0.6) is 11.5 Å². The first-order chi connectivity index (χ1) is 12.2. The molecule has 3 rings (SSSR count). The molecule has 6 nitrogen and oxygen atoms in total. The van der Waals surface area contributed by atoms with E-state index in [1.807, 2.05) is 24.3 Å². The van der Waals surface area contributed by atoms with Crippen LogP contribution in [0.15, 0.2) is 47.2 Å². The molecule has 0 unspecified atom stereocenters. The van der Waals surface area contributed by atoms with Gasteiger partial charge in [0.1, 0.15) is 12.9 Å². The summed E-state index contributed by atoms with van der Waals surface area (Å²) in [6.45, 7) is 3.14. The maximum atomic E-state index is 5.98. The minimum Gasteiger partial charge on any atom is -0.493 e. The molecule has 2 aromatic carbocycles. The highest BCUT2D eigenvalue weighted by Gasteiger charge is 2.11. The zero-order chi connectivity index (χ0) is 17.6. The first-order valence-corrected chi connectivity index (χ1v) is 8.59. The number of H-pyrrole nitrogens is 1. The van der Waals surface area contributed by atoms with Crippen molar-refractivity contribution in [2.24, 2.45) is 0 Å². The van der Waals surface area contributed by atoms with E-state index in [1.165, 1.54) is 11.9 Å². The average Bonchev–Trinajstić information content (AvgIpc) is 3.13. The maximum absolute atomic E-state index is 5.98. The van der Waals surface area contributed by atoms with Gasteiger partial charge in [-0.25, -0.2) is 10.1 Å². The van der Waals surface area contributed by atoms with E-state index < -0.39 is 0 Å². The number of anilines is 1. The number of nitrogens with one attached hydrogen (secondary N) is 2. The fourth-order valence-corrected chi connectivity index (χ4v) is 2.84. The van der Waals surface area contributed by atoms with Crippen molar-refractivity contribution in [3.05, 3.63) is 63.9 Å². The molecule has 0 aliphatic rings. The Morgan fingerprint density at radius 3 is 2.72 bits per heavy atom. The molecule has 2 N–H and O–H groups in total. The van der Waals surface area contributed by atoms with Gasteiger partial charge >= 0.3 is 0 Å². The van der Waals surface area contributed by atoms with Crippen LogP contribution in [0.3, 0.4) is 0 Å². The molecular formula is C18H19BrN4O2. The van der Waals surface area contributed by atoms with Gasteiger partial charge in [0, 0.05) is 11.0 Å². The number of hydrogen-bond acceptors (Lipinski definition) is 5. The smallest absolute Gasteiger partial charge is 0.218 e. The SMILES string of the molecule is COc1cc(CNc2ncn[nH]2)c(Br)cc1OCc1ccccc1C. The van der Waals surface area contributed by atoms with Crippen molar-refractivity contribution in [2.45, 2.75) is 20.1 Å². The Kier molecular flexibility index (Phi) is 5.55. The summed E-state index contributed by atoms with van der Waals surface area (Å²) in [5.74, 6) is 2.00. The zero-order valence-electron chi connectivity index (χ0n) is 14.0. The van der Waals surface area contributed by atoms with E-state index in [2.05, 4.69) is 55.5 Å². The van der Waals surface area contributed by atoms with Gasteiger partial charge in [-0.3, -0.25) is 0 Å². The molecule has 0 spiro atoms. The zero-order valence-corrected chi connectivity index (χ0v) is 15.6. The van der Waals surface area contributed by atoms with E-state index >= 15 is 0 Å². The molecule has 0 atom stereocenters. The molecule has 7 heteroatoms. The number of methoxy groups -OCH3 is 1. The molecule has 0 saturated heterocycles. The fraction of sp³-hybridized carbons (Fsp3) is 0.222. The summed E-state index contributed by atoms with van der Waals surface area (Å²) in [5, 5.41) is 9.74. The minimum absolute atomic E-state index is 0.491. The molecule has 0 saturated carbocycles. The topological polar surface area (TPSA) is 72.1 Å². The summed E-state index contributed by atoms with van der Waals surface area (Å²) in [7, 11) is 1.64. The Morgan fingerprint density at radius 2 is 2.00 bits per heavy atom. The monoisotopic (exact) mass is 402 g/mol. The molecule has 0 radical (unpaired) electrons. The Balaban J connectivity index is 1.73. The van der Waals surface area contributed by atoms with Crippen molar-refractivity contribution >= 4 is 21.9 Å². The van der Waals surface area contributed by atoms with Gasteiger partial charge in [-0.2, -0.15) is 5.10 Å². The Hall–Kier alpha value is -2.54. The number of ether oxygens (including phenoxy) is 2. The predicted molar refractivity (Wildman–Crippen MR) is 99.9 cm³/mol. The summed E-state index contributed by atoms with van der Waals surface area (Å²) in [5.41, 5.74) is 3.38. The molecule has 1 aromatic heterocycles. The number of aromatic nitrogens is 3. The third kappa shape index (κ3) is 4.30. The largest absolute Gasteiger partial charge is 0.493 e. The summed E-state index contributed by atoms with van der Waals surface area (Å²) in [4.78, 5) is 4.04. The van der Waals surface area contributed by atoms with E-state index in [0.29, 0.717) is 30.6 Å². The summed E-state index contributed by atoms with van der Waals surface area (Å²) < 4.78 is 12.4. The van der Waals surface area contributed by atoms with Crippen LogP contribution in [0.2, 0.25) is 0 Å². The normalized spacial score (nSPS) is 10.5. The number of hydrogen-bond donors (Lipinski definition) is 2. The van der Waals surface area contributed by atoms with Crippen molar-refractivity contribution in [3.63, 3.8) is 0 Å². The quantitative estimate of drug-likeness (QED) is 0.622. The second kappa shape index (κ2) is 8.02. The van der Waals surface area contributed by atoms with E-state index in [1.54, 1.807) is 7.11 Å². The maximum Gasteiger partial charge on any atom is 0.218 e. The van der Waals surface area contributed by atoms with E-state index in [4.69, 9.17) is 9.47 Å². The number of rotatable bonds is 7. The highest BCUT2D eigenvalue weighted by atomic mass is 79.9. The molecule has 0 aliphatic carbocycles. The number of halogens is 1. The van der Waals surface area contributed by atoms with Crippen molar-refractivity contribution < 1.29 is 9.47 Å². The Labute approximate surface area is 154 Å². The number of benzene rings is 2. The van der Waals surface area contributed by atoms with E-state index in [-0.39, 0.29) is 0 Å². The highest BCUT2D eigenvalue weighted by Crippen LogP contribution is 2.34. The van der Waals surface area contributed by atoms with Gasteiger partial charge in [0.2, 0.25) is 5.95 Å². The first-order valence-electron chi connectivity index (χ1n) is 7.80. The highest BCUT2D eigenvalue weighted by molar-refractivity contribution is 9.10. The number of aromatic amines is 1. The second-order valence-corrected chi connectivity index (χ2v) is 6.35. The Bertz CT molecular complexity index is 837. The molecular weight excluding hydrogens is 384 g/mol. The average molecular weight is 403 g/mol. The lowest BCUT2D eigenvalue weighted by Gasteiger charge is -2.15. The molecule has 130 valence electrons. The predicted octanol–water partition coefficient (Wildman–Crippen LogP) is 4.08. The van der Waals surface area contributed by atoms with Crippen LogP contribution >= 0.6 is 15.9 Å².